The maximum atomic E-state index is 11.8. The van der Waals surface area contributed by atoms with Gasteiger partial charge in [0.25, 0.3) is 0 Å². The average Bonchev–Trinajstić information content (AvgIpc) is 2.16. The lowest BCUT2D eigenvalue weighted by Crippen LogP contribution is -2.37. The Kier molecular flexibility index (Phi) is 7.17. The van der Waals surface area contributed by atoms with E-state index in [1.54, 1.807) is 6.92 Å². The van der Waals surface area contributed by atoms with E-state index in [1.807, 2.05) is 0 Å². The molecule has 0 heterocycles. The first-order chi connectivity index (χ1) is 6.97. The molecule has 0 radical (unpaired) electrons. The van der Waals surface area contributed by atoms with Crippen LogP contribution in [0, 0.1) is 5.92 Å². The molecule has 0 aliphatic carbocycles. The number of aliphatic hydroxyl groups is 1. The molecule has 0 amide bonds. The lowest BCUT2D eigenvalue weighted by Gasteiger charge is -2.21. The molecule has 4 nitrogen and oxygen atoms in total. The maximum Gasteiger partial charge on any atom is 0.214 e. The van der Waals surface area contributed by atoms with Crippen LogP contribution in [0.5, 0.6) is 0 Å². The Balaban J connectivity index is 4.55. The minimum Gasteiger partial charge on any atom is -0.395 e. The fraction of sp³-hybridized carbons (Fsp3) is 0.778. The molecule has 0 aliphatic rings. The normalized spacial score (nSPS) is 14.1. The third kappa shape index (κ3) is 5.51. The molecule has 0 aromatic rings. The summed E-state index contributed by atoms with van der Waals surface area (Å²) in [7, 11) is -3.34. The van der Waals surface area contributed by atoms with Gasteiger partial charge in [-0.3, -0.25) is 0 Å². The van der Waals surface area contributed by atoms with Gasteiger partial charge in [0, 0.05) is 19.0 Å². The van der Waals surface area contributed by atoms with Crippen molar-refractivity contribution in [3.63, 3.8) is 0 Å². The van der Waals surface area contributed by atoms with Crippen molar-refractivity contribution in [2.75, 3.05) is 31.3 Å². The molecule has 0 rings (SSSR count). The monoisotopic (exact) mass is 255 g/mol. The molecule has 1 N–H and O–H groups in total. The first-order valence-corrected chi connectivity index (χ1v) is 6.87. The molecule has 0 aromatic carbocycles. The Morgan fingerprint density at radius 1 is 1.60 bits per heavy atom. The van der Waals surface area contributed by atoms with Crippen LogP contribution in [0.15, 0.2) is 12.7 Å². The number of hydrogen-bond donors (Lipinski definition) is 1. The molecule has 0 aromatic heterocycles. The van der Waals surface area contributed by atoms with Crippen molar-refractivity contribution in [1.82, 2.24) is 4.31 Å². The van der Waals surface area contributed by atoms with Crippen molar-refractivity contribution in [2.45, 2.75) is 6.92 Å². The number of halogens is 1. The Bertz CT molecular complexity index is 279. The average molecular weight is 256 g/mol. The molecule has 0 saturated heterocycles. The van der Waals surface area contributed by atoms with Gasteiger partial charge in [-0.05, 0) is 5.92 Å². The lowest BCUT2D eigenvalue weighted by atomic mass is 10.3. The van der Waals surface area contributed by atoms with Crippen molar-refractivity contribution in [3.05, 3.63) is 12.7 Å². The number of rotatable bonds is 8. The van der Waals surface area contributed by atoms with E-state index in [2.05, 4.69) is 6.58 Å². The van der Waals surface area contributed by atoms with E-state index in [-0.39, 0.29) is 31.4 Å². The van der Waals surface area contributed by atoms with Gasteiger partial charge in [-0.2, -0.15) is 4.31 Å². The van der Waals surface area contributed by atoms with E-state index >= 15 is 0 Å². The van der Waals surface area contributed by atoms with E-state index in [4.69, 9.17) is 16.7 Å². The maximum absolute atomic E-state index is 11.8. The summed E-state index contributed by atoms with van der Waals surface area (Å²) in [6.45, 7) is 5.38. The molecule has 1 unspecified atom stereocenters. The Morgan fingerprint density at radius 2 is 2.20 bits per heavy atom. The van der Waals surface area contributed by atoms with Crippen molar-refractivity contribution >= 4 is 21.6 Å². The molecule has 0 fully saturated rings. The van der Waals surface area contributed by atoms with Gasteiger partial charge in [0.15, 0.2) is 0 Å². The largest absolute Gasteiger partial charge is 0.395 e. The Morgan fingerprint density at radius 3 is 2.60 bits per heavy atom. The summed E-state index contributed by atoms with van der Waals surface area (Å²) in [5, 5.41) is 8.75. The standard InChI is InChI=1S/C9H18ClNO3S/c1-3-4-11(5-6-12)15(13,14)8-9(2)7-10/h3,9,12H,1,4-8H2,2H3. The highest BCUT2D eigenvalue weighted by atomic mass is 35.5. The van der Waals surface area contributed by atoms with Gasteiger partial charge in [-0.15, -0.1) is 18.2 Å². The Labute approximate surface area is 96.6 Å². The number of sulfonamides is 1. The number of nitrogens with zero attached hydrogens (tertiary/aromatic N) is 1. The van der Waals surface area contributed by atoms with Gasteiger partial charge >= 0.3 is 0 Å². The molecule has 15 heavy (non-hydrogen) atoms. The molecule has 0 bridgehead atoms. The van der Waals surface area contributed by atoms with Crippen molar-refractivity contribution in [3.8, 4) is 0 Å². The van der Waals surface area contributed by atoms with Gasteiger partial charge in [-0.25, -0.2) is 8.42 Å². The van der Waals surface area contributed by atoms with Gasteiger partial charge in [0.1, 0.15) is 0 Å². The molecular weight excluding hydrogens is 238 g/mol. The van der Waals surface area contributed by atoms with Gasteiger partial charge in [0.2, 0.25) is 10.0 Å². The topological polar surface area (TPSA) is 57.6 Å². The van der Waals surface area contributed by atoms with Crippen LogP contribution in [-0.2, 0) is 10.0 Å². The fourth-order valence-electron chi connectivity index (χ4n) is 1.11. The van der Waals surface area contributed by atoms with Crippen molar-refractivity contribution < 1.29 is 13.5 Å². The molecule has 0 spiro atoms. The minimum atomic E-state index is -3.34. The molecule has 6 heteroatoms. The second-order valence-corrected chi connectivity index (χ2v) is 5.73. The zero-order valence-electron chi connectivity index (χ0n) is 8.89. The summed E-state index contributed by atoms with van der Waals surface area (Å²) in [6.07, 6.45) is 1.50. The van der Waals surface area contributed by atoms with Crippen LogP contribution >= 0.6 is 11.6 Å². The minimum absolute atomic E-state index is 0.00431. The van der Waals surface area contributed by atoms with E-state index in [0.717, 1.165) is 0 Å². The summed E-state index contributed by atoms with van der Waals surface area (Å²) < 4.78 is 24.8. The third-order valence-corrected chi connectivity index (χ3v) is 4.47. The lowest BCUT2D eigenvalue weighted by molar-refractivity contribution is 0.260. The van der Waals surface area contributed by atoms with Gasteiger partial charge < -0.3 is 5.11 Å². The number of aliphatic hydroxyl groups excluding tert-OH is 1. The van der Waals surface area contributed by atoms with Crippen LogP contribution in [0.3, 0.4) is 0 Å². The fourth-order valence-corrected chi connectivity index (χ4v) is 3.09. The van der Waals surface area contributed by atoms with E-state index in [1.165, 1.54) is 10.4 Å². The molecule has 0 aliphatic heterocycles. The third-order valence-electron chi connectivity index (χ3n) is 1.83. The van der Waals surface area contributed by atoms with Crippen molar-refractivity contribution in [1.29, 1.82) is 0 Å². The van der Waals surface area contributed by atoms with Crippen LogP contribution < -0.4 is 0 Å². The first kappa shape index (κ1) is 14.9. The summed E-state index contributed by atoms with van der Waals surface area (Å²) in [6, 6.07) is 0. The molecular formula is C9H18ClNO3S. The smallest absolute Gasteiger partial charge is 0.214 e. The number of hydrogen-bond acceptors (Lipinski definition) is 3. The highest BCUT2D eigenvalue weighted by molar-refractivity contribution is 7.89. The van der Waals surface area contributed by atoms with E-state index < -0.39 is 10.0 Å². The van der Waals surface area contributed by atoms with Crippen LogP contribution in [0.1, 0.15) is 6.92 Å². The van der Waals surface area contributed by atoms with Crippen LogP contribution in [0.25, 0.3) is 0 Å². The summed E-state index contributed by atoms with van der Waals surface area (Å²) in [4.78, 5) is 0. The van der Waals surface area contributed by atoms with E-state index in [0.29, 0.717) is 5.88 Å². The molecule has 0 saturated carbocycles. The Hall–Kier alpha value is -0.100. The first-order valence-electron chi connectivity index (χ1n) is 4.73. The quantitative estimate of drug-likeness (QED) is 0.512. The summed E-state index contributed by atoms with van der Waals surface area (Å²) in [5.74, 6) is 0.215. The summed E-state index contributed by atoms with van der Waals surface area (Å²) >= 11 is 5.56. The van der Waals surface area contributed by atoms with Crippen LogP contribution in [0.4, 0.5) is 0 Å². The summed E-state index contributed by atoms with van der Waals surface area (Å²) in [5.41, 5.74) is 0. The SMILES string of the molecule is C=CCN(CCO)S(=O)(=O)CC(C)CCl. The second-order valence-electron chi connectivity index (χ2n) is 3.41. The van der Waals surface area contributed by atoms with Crippen molar-refractivity contribution in [2.24, 2.45) is 5.92 Å². The second kappa shape index (κ2) is 7.22. The van der Waals surface area contributed by atoms with Crippen LogP contribution in [0.2, 0.25) is 0 Å². The van der Waals surface area contributed by atoms with Gasteiger partial charge in [-0.1, -0.05) is 13.0 Å². The molecule has 90 valence electrons. The highest BCUT2D eigenvalue weighted by Crippen LogP contribution is 2.08. The van der Waals surface area contributed by atoms with Gasteiger partial charge in [0.05, 0.1) is 12.4 Å². The predicted octanol–water partition coefficient (Wildman–Crippen LogP) is 0.671. The highest BCUT2D eigenvalue weighted by Gasteiger charge is 2.22. The zero-order valence-corrected chi connectivity index (χ0v) is 10.5. The number of alkyl halides is 1. The van der Waals surface area contributed by atoms with Crippen LogP contribution in [-0.4, -0.2) is 49.2 Å². The zero-order chi connectivity index (χ0) is 11.9. The van der Waals surface area contributed by atoms with E-state index in [9.17, 15) is 8.42 Å². The predicted molar refractivity (Wildman–Crippen MR) is 62.5 cm³/mol. The molecule has 1 atom stereocenters.